The van der Waals surface area contributed by atoms with E-state index >= 15 is 0 Å². The van der Waals surface area contributed by atoms with E-state index in [4.69, 9.17) is 0 Å². The summed E-state index contributed by atoms with van der Waals surface area (Å²) in [4.78, 5) is 2.19. The Hall–Kier alpha value is -0.250. The number of nitrogens with zero attached hydrogens (tertiary/aromatic N) is 1. The number of likely N-dealkylation sites (tertiary alicyclic amines) is 1. The zero-order chi connectivity index (χ0) is 11.5. The summed E-state index contributed by atoms with van der Waals surface area (Å²) in [6, 6.07) is 0.414. The van der Waals surface area contributed by atoms with Crippen LogP contribution in [0.5, 0.6) is 0 Å². The molecule has 2 atom stereocenters. The van der Waals surface area contributed by atoms with E-state index in [-0.39, 0.29) is 6.42 Å². The van der Waals surface area contributed by atoms with Crippen molar-refractivity contribution in [3.8, 4) is 0 Å². The molecule has 0 spiro atoms. The molecule has 2 unspecified atom stereocenters. The maximum absolute atomic E-state index is 12.5. The van der Waals surface area contributed by atoms with Gasteiger partial charge in [0.1, 0.15) is 0 Å². The van der Waals surface area contributed by atoms with E-state index in [1.54, 1.807) is 0 Å². The second-order valence-electron chi connectivity index (χ2n) is 4.46. The second-order valence-corrected chi connectivity index (χ2v) is 4.46. The fourth-order valence-electron chi connectivity index (χ4n) is 2.14. The third-order valence-electron chi connectivity index (χ3n) is 3.44. The lowest BCUT2D eigenvalue weighted by molar-refractivity contribution is -0.177. The van der Waals surface area contributed by atoms with Gasteiger partial charge in [0.05, 0.1) is 5.92 Å². The SMILES string of the molecule is CCC(C)N1CCCC(C(F)(F)F)CC1. The van der Waals surface area contributed by atoms with Gasteiger partial charge in [0.25, 0.3) is 0 Å². The lowest BCUT2D eigenvalue weighted by Gasteiger charge is -2.26. The Morgan fingerprint density at radius 2 is 1.93 bits per heavy atom. The van der Waals surface area contributed by atoms with Crippen LogP contribution in [0.15, 0.2) is 0 Å². The van der Waals surface area contributed by atoms with Crippen LogP contribution < -0.4 is 0 Å². The van der Waals surface area contributed by atoms with Crippen LogP contribution in [-0.4, -0.2) is 30.2 Å². The monoisotopic (exact) mass is 223 g/mol. The third-order valence-corrected chi connectivity index (χ3v) is 3.44. The Kier molecular flexibility index (Phi) is 4.44. The minimum atomic E-state index is -3.99. The van der Waals surface area contributed by atoms with Crippen molar-refractivity contribution >= 4 is 0 Å². The van der Waals surface area contributed by atoms with E-state index < -0.39 is 12.1 Å². The van der Waals surface area contributed by atoms with Crippen LogP contribution in [-0.2, 0) is 0 Å². The van der Waals surface area contributed by atoms with Gasteiger partial charge in [-0.15, -0.1) is 0 Å². The first-order chi connectivity index (χ1) is 6.95. The highest BCUT2D eigenvalue weighted by molar-refractivity contribution is 4.77. The molecule has 0 aliphatic carbocycles. The van der Waals surface area contributed by atoms with Gasteiger partial charge in [0.15, 0.2) is 0 Å². The van der Waals surface area contributed by atoms with Crippen LogP contribution in [0.2, 0.25) is 0 Å². The van der Waals surface area contributed by atoms with Gasteiger partial charge in [-0.05, 0) is 45.7 Å². The van der Waals surface area contributed by atoms with Crippen molar-refractivity contribution in [1.82, 2.24) is 4.90 Å². The lowest BCUT2D eigenvalue weighted by Crippen LogP contribution is -2.34. The predicted octanol–water partition coefficient (Wildman–Crippen LogP) is 3.45. The van der Waals surface area contributed by atoms with Gasteiger partial charge in [-0.25, -0.2) is 0 Å². The molecule has 1 rings (SSSR count). The van der Waals surface area contributed by atoms with E-state index in [9.17, 15) is 13.2 Å². The van der Waals surface area contributed by atoms with Gasteiger partial charge in [0, 0.05) is 6.04 Å². The number of hydrogen-bond donors (Lipinski definition) is 0. The van der Waals surface area contributed by atoms with E-state index in [1.807, 2.05) is 0 Å². The molecule has 1 saturated heterocycles. The average Bonchev–Trinajstić information content (AvgIpc) is 2.40. The van der Waals surface area contributed by atoms with Crippen LogP contribution >= 0.6 is 0 Å². The van der Waals surface area contributed by atoms with Gasteiger partial charge >= 0.3 is 6.18 Å². The van der Waals surface area contributed by atoms with Crippen molar-refractivity contribution in [3.63, 3.8) is 0 Å². The molecule has 0 bridgehead atoms. The number of hydrogen-bond acceptors (Lipinski definition) is 1. The first-order valence-corrected chi connectivity index (χ1v) is 5.76. The zero-order valence-electron chi connectivity index (χ0n) is 9.48. The van der Waals surface area contributed by atoms with Crippen molar-refractivity contribution in [1.29, 1.82) is 0 Å². The molecule has 0 aromatic rings. The summed E-state index contributed by atoms with van der Waals surface area (Å²) in [5, 5.41) is 0. The molecule has 1 aliphatic heterocycles. The van der Waals surface area contributed by atoms with Crippen molar-refractivity contribution < 1.29 is 13.2 Å². The molecule has 1 fully saturated rings. The Balaban J connectivity index is 2.49. The molecule has 15 heavy (non-hydrogen) atoms. The summed E-state index contributed by atoms with van der Waals surface area (Å²) in [6.45, 7) is 5.59. The van der Waals surface area contributed by atoms with Gasteiger partial charge in [-0.3, -0.25) is 0 Å². The van der Waals surface area contributed by atoms with Crippen molar-refractivity contribution in [2.75, 3.05) is 13.1 Å². The standard InChI is InChI=1S/C11H20F3N/c1-3-9(2)15-7-4-5-10(6-8-15)11(12,13)14/h9-10H,3-8H2,1-2H3. The molecule has 0 aromatic heterocycles. The minimum absolute atomic E-state index is 0.272. The minimum Gasteiger partial charge on any atom is -0.301 e. The molecular weight excluding hydrogens is 203 g/mol. The van der Waals surface area contributed by atoms with Crippen molar-refractivity contribution in [3.05, 3.63) is 0 Å². The van der Waals surface area contributed by atoms with Crippen molar-refractivity contribution in [2.45, 2.75) is 51.7 Å². The quantitative estimate of drug-likeness (QED) is 0.693. The second kappa shape index (κ2) is 5.19. The highest BCUT2D eigenvalue weighted by atomic mass is 19.4. The topological polar surface area (TPSA) is 3.24 Å². The Morgan fingerprint density at radius 3 is 2.47 bits per heavy atom. The molecular formula is C11H20F3N. The van der Waals surface area contributed by atoms with E-state index in [2.05, 4.69) is 18.7 Å². The van der Waals surface area contributed by atoms with Crippen molar-refractivity contribution in [2.24, 2.45) is 5.92 Å². The summed E-state index contributed by atoms with van der Waals surface area (Å²) >= 11 is 0. The molecule has 0 saturated carbocycles. The highest BCUT2D eigenvalue weighted by Crippen LogP contribution is 2.34. The average molecular weight is 223 g/mol. The summed E-state index contributed by atoms with van der Waals surface area (Å²) in [6.07, 6.45) is -1.74. The largest absolute Gasteiger partial charge is 0.391 e. The first-order valence-electron chi connectivity index (χ1n) is 5.76. The van der Waals surface area contributed by atoms with E-state index in [0.29, 0.717) is 25.4 Å². The fraction of sp³-hybridized carbons (Fsp3) is 1.00. The maximum Gasteiger partial charge on any atom is 0.391 e. The first kappa shape index (κ1) is 12.8. The fourth-order valence-corrected chi connectivity index (χ4v) is 2.14. The number of alkyl halides is 3. The van der Waals surface area contributed by atoms with Crippen LogP contribution in [0.1, 0.15) is 39.5 Å². The predicted molar refractivity (Wildman–Crippen MR) is 54.7 cm³/mol. The smallest absolute Gasteiger partial charge is 0.301 e. The molecule has 4 heteroatoms. The molecule has 1 heterocycles. The van der Waals surface area contributed by atoms with E-state index in [0.717, 1.165) is 13.0 Å². The summed E-state index contributed by atoms with van der Waals surface area (Å²) in [5.74, 6) is -1.08. The molecule has 0 aromatic carbocycles. The molecule has 90 valence electrons. The Labute approximate surface area is 89.6 Å². The zero-order valence-corrected chi connectivity index (χ0v) is 9.48. The normalized spacial score (nSPS) is 27.4. The molecule has 0 N–H and O–H groups in total. The molecule has 0 radical (unpaired) electrons. The highest BCUT2D eigenvalue weighted by Gasteiger charge is 2.40. The third kappa shape index (κ3) is 3.67. The summed E-state index contributed by atoms with van der Waals surface area (Å²) in [5.41, 5.74) is 0. The van der Waals surface area contributed by atoms with E-state index in [1.165, 1.54) is 0 Å². The van der Waals surface area contributed by atoms with Crippen LogP contribution in [0, 0.1) is 5.92 Å². The van der Waals surface area contributed by atoms with Gasteiger partial charge in [0.2, 0.25) is 0 Å². The van der Waals surface area contributed by atoms with Crippen LogP contribution in [0.3, 0.4) is 0 Å². The Bertz CT molecular complexity index is 191. The molecule has 1 aliphatic rings. The van der Waals surface area contributed by atoms with Gasteiger partial charge in [-0.2, -0.15) is 13.2 Å². The number of rotatable bonds is 2. The molecule has 1 nitrogen and oxygen atoms in total. The summed E-state index contributed by atoms with van der Waals surface area (Å²) in [7, 11) is 0. The maximum atomic E-state index is 12.5. The van der Waals surface area contributed by atoms with Crippen LogP contribution in [0.25, 0.3) is 0 Å². The van der Waals surface area contributed by atoms with Gasteiger partial charge in [-0.1, -0.05) is 6.92 Å². The molecule has 0 amide bonds. The van der Waals surface area contributed by atoms with Crippen LogP contribution in [0.4, 0.5) is 13.2 Å². The lowest BCUT2D eigenvalue weighted by atomic mass is 10.0. The number of halogens is 3. The summed E-state index contributed by atoms with van der Waals surface area (Å²) < 4.78 is 37.5. The Morgan fingerprint density at radius 1 is 1.27 bits per heavy atom. The van der Waals surface area contributed by atoms with Gasteiger partial charge < -0.3 is 4.90 Å².